The van der Waals surface area contributed by atoms with Crippen LogP contribution in [0.1, 0.15) is 45.4 Å². The quantitative estimate of drug-likeness (QED) is 0.591. The fourth-order valence-electron chi connectivity index (χ4n) is 2.22. The van der Waals surface area contributed by atoms with E-state index in [9.17, 15) is 26.4 Å². The molecule has 0 radical (unpaired) electrons. The summed E-state index contributed by atoms with van der Waals surface area (Å²) in [6.45, 7) is 6.18. The van der Waals surface area contributed by atoms with Crippen molar-refractivity contribution in [1.82, 2.24) is 4.72 Å². The van der Waals surface area contributed by atoms with Crippen molar-refractivity contribution in [3.05, 3.63) is 0 Å². The largest absolute Gasteiger partial charge is 0.516 e. The Labute approximate surface area is 137 Å². The van der Waals surface area contributed by atoms with Crippen molar-refractivity contribution in [2.45, 2.75) is 69.6 Å². The van der Waals surface area contributed by atoms with E-state index in [1.807, 2.05) is 0 Å². The van der Waals surface area contributed by atoms with E-state index in [0.717, 1.165) is 24.0 Å². The molecule has 5 nitrogen and oxygen atoms in total. The lowest BCUT2D eigenvalue weighted by molar-refractivity contribution is -0.120. The minimum Gasteiger partial charge on any atom is -0.420 e. The molecule has 1 amide bonds. The average molecular weight is 378 g/mol. The third-order valence-electron chi connectivity index (χ3n) is 3.92. The molecular weight excluding hydrogens is 351 g/mol. The number of unbranched alkanes of at least 4 members (excludes halogenated alkanes) is 1. The summed E-state index contributed by atoms with van der Waals surface area (Å²) in [6.07, 6.45) is 3.67. The molecule has 1 unspecified atom stereocenters. The van der Waals surface area contributed by atoms with Crippen LogP contribution in [0.3, 0.4) is 0 Å². The fourth-order valence-corrected chi connectivity index (χ4v) is 4.87. The summed E-state index contributed by atoms with van der Waals surface area (Å²) in [5, 5.41) is 0. The van der Waals surface area contributed by atoms with Crippen LogP contribution in [0.5, 0.6) is 0 Å². The highest BCUT2D eigenvalue weighted by molar-refractivity contribution is 7.90. The first-order valence-corrected chi connectivity index (χ1v) is 12.0. The van der Waals surface area contributed by atoms with Crippen molar-refractivity contribution >= 4 is 24.2 Å². The van der Waals surface area contributed by atoms with E-state index in [4.69, 9.17) is 4.43 Å². The van der Waals surface area contributed by atoms with Crippen LogP contribution >= 0.6 is 0 Å². The number of hydrogen-bond donors (Lipinski definition) is 1. The van der Waals surface area contributed by atoms with Crippen LogP contribution in [0, 0.1) is 0 Å². The molecule has 0 aliphatic carbocycles. The van der Waals surface area contributed by atoms with E-state index < -0.39 is 29.8 Å². The summed E-state index contributed by atoms with van der Waals surface area (Å²) < 4.78 is 64.8. The summed E-state index contributed by atoms with van der Waals surface area (Å²) in [6, 6.07) is 0. The standard InChI is InChI=1S/C13H26F3NO4SSi/c1-5-6-8-11(23(3,4)21-2)9-7-10-12(18)17-22(19,20)13(14,15)16/h11H,5-10H2,1-4H3,(H,17,18). The van der Waals surface area contributed by atoms with Gasteiger partial charge in [0.1, 0.15) is 0 Å². The zero-order valence-electron chi connectivity index (χ0n) is 14.0. The van der Waals surface area contributed by atoms with Gasteiger partial charge in [0.25, 0.3) is 0 Å². The molecular formula is C13H26F3NO4SSi. The Balaban J connectivity index is 4.52. The van der Waals surface area contributed by atoms with Gasteiger partial charge in [-0.05, 0) is 25.1 Å². The number of alkyl halides is 3. The second kappa shape index (κ2) is 9.02. The van der Waals surface area contributed by atoms with Gasteiger partial charge in [0.15, 0.2) is 8.32 Å². The van der Waals surface area contributed by atoms with E-state index in [1.54, 1.807) is 7.11 Å². The first-order valence-electron chi connectivity index (χ1n) is 7.54. The zero-order valence-corrected chi connectivity index (χ0v) is 15.8. The Kier molecular flexibility index (Phi) is 8.78. The number of halogens is 3. The minimum absolute atomic E-state index is 0.258. The maximum Gasteiger partial charge on any atom is 0.516 e. The van der Waals surface area contributed by atoms with Gasteiger partial charge >= 0.3 is 15.5 Å². The SMILES string of the molecule is CCCCC(CCCC(=O)NS(=O)(=O)C(F)(F)F)[Si](C)(C)OC. The van der Waals surface area contributed by atoms with Crippen molar-refractivity contribution < 1.29 is 30.8 Å². The molecule has 0 rings (SSSR count). The molecule has 0 aliphatic heterocycles. The molecule has 0 aromatic heterocycles. The summed E-state index contributed by atoms with van der Waals surface area (Å²) >= 11 is 0. The highest BCUT2D eigenvalue weighted by Crippen LogP contribution is 2.33. The maximum absolute atomic E-state index is 12.2. The van der Waals surface area contributed by atoms with Crippen molar-refractivity contribution in [3.63, 3.8) is 0 Å². The van der Waals surface area contributed by atoms with Crippen LogP contribution < -0.4 is 4.72 Å². The lowest BCUT2D eigenvalue weighted by atomic mass is 10.1. The normalized spacial score (nSPS) is 14.6. The molecule has 0 bridgehead atoms. The molecule has 1 N–H and O–H groups in total. The molecule has 0 spiro atoms. The van der Waals surface area contributed by atoms with Crippen LogP contribution in [0.2, 0.25) is 18.6 Å². The summed E-state index contributed by atoms with van der Waals surface area (Å²) in [5.41, 5.74) is -5.20. The summed E-state index contributed by atoms with van der Waals surface area (Å²) in [4.78, 5) is 11.4. The first kappa shape index (κ1) is 22.4. The van der Waals surface area contributed by atoms with E-state index in [0.29, 0.717) is 12.8 Å². The van der Waals surface area contributed by atoms with Crippen LogP contribution in [0.15, 0.2) is 0 Å². The number of amides is 1. The molecule has 1 atom stereocenters. The molecule has 0 aliphatic rings. The van der Waals surface area contributed by atoms with Crippen molar-refractivity contribution in [2.24, 2.45) is 0 Å². The van der Waals surface area contributed by atoms with Gasteiger partial charge < -0.3 is 4.43 Å². The lowest BCUT2D eigenvalue weighted by Gasteiger charge is -2.31. The lowest BCUT2D eigenvalue weighted by Crippen LogP contribution is -2.40. The Morgan fingerprint density at radius 1 is 1.22 bits per heavy atom. The number of carbonyl (C=O) groups excluding carboxylic acids is 1. The van der Waals surface area contributed by atoms with Crippen LogP contribution in [0.4, 0.5) is 13.2 Å². The number of sulfonamides is 1. The number of carbonyl (C=O) groups is 1. The van der Waals surface area contributed by atoms with Gasteiger partial charge in [-0.2, -0.15) is 21.6 Å². The number of hydrogen-bond acceptors (Lipinski definition) is 4. The average Bonchev–Trinajstić information content (AvgIpc) is 2.40. The molecule has 0 aromatic carbocycles. The van der Waals surface area contributed by atoms with E-state index in [-0.39, 0.29) is 12.0 Å². The monoisotopic (exact) mass is 377 g/mol. The third-order valence-corrected chi connectivity index (χ3v) is 8.63. The second-order valence-electron chi connectivity index (χ2n) is 6.01. The second-order valence-corrected chi connectivity index (χ2v) is 12.1. The van der Waals surface area contributed by atoms with Gasteiger partial charge in [-0.1, -0.05) is 32.6 Å². The Bertz CT molecular complexity index is 480. The topological polar surface area (TPSA) is 72.5 Å². The first-order chi connectivity index (χ1) is 10.4. The van der Waals surface area contributed by atoms with Gasteiger partial charge in [0.2, 0.25) is 5.91 Å². The molecule has 0 heterocycles. The zero-order chi connectivity index (χ0) is 18.3. The Morgan fingerprint density at radius 3 is 2.17 bits per heavy atom. The predicted octanol–water partition coefficient (Wildman–Crippen LogP) is 3.53. The summed E-state index contributed by atoms with van der Waals surface area (Å²) in [5.74, 6) is -1.13. The fraction of sp³-hybridized carbons (Fsp3) is 0.923. The van der Waals surface area contributed by atoms with Crippen LogP contribution in [-0.2, 0) is 19.2 Å². The van der Waals surface area contributed by atoms with Gasteiger partial charge in [0.05, 0.1) is 0 Å². The maximum atomic E-state index is 12.2. The third kappa shape index (κ3) is 7.66. The molecule has 138 valence electrons. The number of nitrogens with one attached hydrogen (secondary N) is 1. The molecule has 0 fully saturated rings. The van der Waals surface area contributed by atoms with Gasteiger partial charge in [-0.15, -0.1) is 0 Å². The van der Waals surface area contributed by atoms with Crippen molar-refractivity contribution in [1.29, 1.82) is 0 Å². The minimum atomic E-state index is -5.61. The molecule has 10 heteroatoms. The predicted molar refractivity (Wildman–Crippen MR) is 84.7 cm³/mol. The van der Waals surface area contributed by atoms with Crippen LogP contribution in [0.25, 0.3) is 0 Å². The molecule has 0 saturated heterocycles. The van der Waals surface area contributed by atoms with E-state index in [1.165, 1.54) is 0 Å². The van der Waals surface area contributed by atoms with E-state index >= 15 is 0 Å². The summed E-state index contributed by atoms with van der Waals surface area (Å²) in [7, 11) is -5.89. The molecule has 0 aromatic rings. The Hall–Kier alpha value is -0.613. The Morgan fingerprint density at radius 2 is 1.74 bits per heavy atom. The van der Waals surface area contributed by atoms with Gasteiger partial charge in [-0.3, -0.25) is 4.79 Å². The van der Waals surface area contributed by atoms with Gasteiger partial charge in [-0.25, -0.2) is 4.72 Å². The van der Waals surface area contributed by atoms with Crippen molar-refractivity contribution in [2.75, 3.05) is 7.11 Å². The number of rotatable bonds is 10. The van der Waals surface area contributed by atoms with Crippen LogP contribution in [-0.4, -0.2) is 35.3 Å². The smallest absolute Gasteiger partial charge is 0.420 e. The van der Waals surface area contributed by atoms with Crippen molar-refractivity contribution in [3.8, 4) is 0 Å². The molecule has 23 heavy (non-hydrogen) atoms. The highest BCUT2D eigenvalue weighted by atomic mass is 32.2. The van der Waals surface area contributed by atoms with E-state index in [2.05, 4.69) is 20.0 Å². The highest BCUT2D eigenvalue weighted by Gasteiger charge is 2.46. The molecule has 0 saturated carbocycles. The van der Waals surface area contributed by atoms with Gasteiger partial charge in [0, 0.05) is 13.5 Å².